The maximum absolute atomic E-state index is 14.5. The van der Waals surface area contributed by atoms with E-state index in [1.807, 2.05) is 18.2 Å². The molecule has 0 fully saturated rings. The Bertz CT molecular complexity index is 363. The fourth-order valence-corrected chi connectivity index (χ4v) is 2.16. The normalized spacial score (nSPS) is 25.5. The van der Waals surface area contributed by atoms with Crippen LogP contribution in [0.4, 0.5) is 4.39 Å². The van der Waals surface area contributed by atoms with Crippen LogP contribution >= 0.6 is 0 Å². The molecular weight excluding hydrogens is 193 g/mol. The van der Waals surface area contributed by atoms with Crippen LogP contribution in [0, 0.1) is 0 Å². The fraction of sp³-hybridized carbons (Fsp3) is 0.500. The van der Waals surface area contributed by atoms with Gasteiger partial charge in [0.1, 0.15) is 11.4 Å². The van der Waals surface area contributed by atoms with E-state index in [0.29, 0.717) is 30.8 Å². The van der Waals surface area contributed by atoms with Gasteiger partial charge in [0.25, 0.3) is 0 Å². The molecule has 82 valence electrons. The average Bonchev–Trinajstić information content (AvgIpc) is 2.37. The minimum absolute atomic E-state index is 0.486. The number of methoxy groups -OCH3 is 1. The molecule has 2 nitrogen and oxygen atoms in total. The van der Waals surface area contributed by atoms with Gasteiger partial charge < -0.3 is 10.1 Å². The van der Waals surface area contributed by atoms with Crippen molar-refractivity contribution in [3.63, 3.8) is 0 Å². The first kappa shape index (κ1) is 10.4. The SMILES string of the molecule is COc1cccc2c1C(C)(F)CCNC2. The minimum atomic E-state index is -1.30. The number of benzene rings is 1. The second-order valence-electron chi connectivity index (χ2n) is 4.12. The molecule has 0 radical (unpaired) electrons. The molecule has 1 heterocycles. The molecule has 15 heavy (non-hydrogen) atoms. The van der Waals surface area contributed by atoms with Crippen LogP contribution in [0.2, 0.25) is 0 Å². The molecule has 0 aromatic heterocycles. The number of hydrogen-bond donors (Lipinski definition) is 1. The monoisotopic (exact) mass is 209 g/mol. The number of ether oxygens (including phenoxy) is 1. The lowest BCUT2D eigenvalue weighted by Gasteiger charge is -2.22. The van der Waals surface area contributed by atoms with E-state index < -0.39 is 5.67 Å². The third-order valence-electron chi connectivity index (χ3n) is 2.94. The third-order valence-corrected chi connectivity index (χ3v) is 2.94. The van der Waals surface area contributed by atoms with Crippen LogP contribution in [0.3, 0.4) is 0 Å². The molecule has 0 amide bonds. The Labute approximate surface area is 89.4 Å². The number of alkyl halides is 1. The zero-order valence-corrected chi connectivity index (χ0v) is 9.14. The summed E-state index contributed by atoms with van der Waals surface area (Å²) >= 11 is 0. The molecule has 1 aliphatic heterocycles. The number of hydrogen-bond acceptors (Lipinski definition) is 2. The van der Waals surface area contributed by atoms with E-state index >= 15 is 0 Å². The molecule has 0 bridgehead atoms. The molecule has 0 saturated carbocycles. The van der Waals surface area contributed by atoms with Crippen LogP contribution < -0.4 is 10.1 Å². The Morgan fingerprint density at radius 2 is 2.27 bits per heavy atom. The Kier molecular flexibility index (Phi) is 2.65. The van der Waals surface area contributed by atoms with E-state index in [2.05, 4.69) is 5.32 Å². The van der Waals surface area contributed by atoms with E-state index in [0.717, 1.165) is 5.56 Å². The Balaban J connectivity index is 2.57. The summed E-state index contributed by atoms with van der Waals surface area (Å²) in [7, 11) is 1.59. The predicted octanol–water partition coefficient (Wildman–Crippen LogP) is 2.37. The van der Waals surface area contributed by atoms with Gasteiger partial charge in [-0.05, 0) is 31.5 Å². The summed E-state index contributed by atoms with van der Waals surface area (Å²) in [6.45, 7) is 3.04. The summed E-state index contributed by atoms with van der Waals surface area (Å²) < 4.78 is 19.7. The maximum Gasteiger partial charge on any atom is 0.138 e. The van der Waals surface area contributed by atoms with Crippen molar-refractivity contribution >= 4 is 0 Å². The lowest BCUT2D eigenvalue weighted by molar-refractivity contribution is 0.174. The summed E-state index contributed by atoms with van der Waals surface area (Å²) in [4.78, 5) is 0. The molecular formula is C12H16FNO. The molecule has 1 N–H and O–H groups in total. The van der Waals surface area contributed by atoms with E-state index in [9.17, 15) is 4.39 Å². The van der Waals surface area contributed by atoms with Gasteiger partial charge in [-0.2, -0.15) is 0 Å². The van der Waals surface area contributed by atoms with Gasteiger partial charge in [0.15, 0.2) is 0 Å². The first-order valence-electron chi connectivity index (χ1n) is 5.21. The zero-order chi connectivity index (χ0) is 10.9. The van der Waals surface area contributed by atoms with Crippen molar-refractivity contribution in [2.45, 2.75) is 25.6 Å². The highest BCUT2D eigenvalue weighted by molar-refractivity contribution is 5.44. The second-order valence-corrected chi connectivity index (χ2v) is 4.12. The Morgan fingerprint density at radius 1 is 1.47 bits per heavy atom. The number of halogens is 1. The third kappa shape index (κ3) is 1.84. The molecule has 0 spiro atoms. The molecule has 1 aromatic carbocycles. The highest BCUT2D eigenvalue weighted by atomic mass is 19.1. The van der Waals surface area contributed by atoms with Gasteiger partial charge in [-0.1, -0.05) is 12.1 Å². The smallest absolute Gasteiger partial charge is 0.138 e. The largest absolute Gasteiger partial charge is 0.496 e. The van der Waals surface area contributed by atoms with Crippen molar-refractivity contribution in [2.75, 3.05) is 13.7 Å². The van der Waals surface area contributed by atoms with Crippen LogP contribution in [0.15, 0.2) is 18.2 Å². The summed E-state index contributed by atoms with van der Waals surface area (Å²) in [6.07, 6.45) is 0.486. The van der Waals surface area contributed by atoms with Crippen molar-refractivity contribution in [1.29, 1.82) is 0 Å². The van der Waals surface area contributed by atoms with Crippen molar-refractivity contribution in [2.24, 2.45) is 0 Å². The Morgan fingerprint density at radius 3 is 3.00 bits per heavy atom. The molecule has 1 unspecified atom stereocenters. The van der Waals surface area contributed by atoms with Gasteiger partial charge in [-0.15, -0.1) is 0 Å². The topological polar surface area (TPSA) is 21.3 Å². The van der Waals surface area contributed by atoms with E-state index in [-0.39, 0.29) is 0 Å². The molecule has 0 saturated heterocycles. The summed E-state index contributed by atoms with van der Waals surface area (Å²) in [5.41, 5.74) is 0.403. The van der Waals surface area contributed by atoms with Gasteiger partial charge in [0.2, 0.25) is 0 Å². The van der Waals surface area contributed by atoms with Gasteiger partial charge in [-0.25, -0.2) is 4.39 Å². The van der Waals surface area contributed by atoms with Crippen LogP contribution in [0.25, 0.3) is 0 Å². The van der Waals surface area contributed by atoms with E-state index in [1.165, 1.54) is 0 Å². The standard InChI is InChI=1S/C12H16FNO/c1-12(13)6-7-14-8-9-4-3-5-10(15-2)11(9)12/h3-5,14H,6-8H2,1-2H3. The molecule has 2 rings (SSSR count). The van der Waals surface area contributed by atoms with Crippen LogP contribution in [-0.2, 0) is 12.2 Å². The van der Waals surface area contributed by atoms with E-state index in [4.69, 9.17) is 4.74 Å². The number of nitrogens with one attached hydrogen (secondary N) is 1. The van der Waals surface area contributed by atoms with Crippen molar-refractivity contribution in [1.82, 2.24) is 5.32 Å². The summed E-state index contributed by atoms with van der Waals surface area (Å²) in [5, 5.41) is 3.21. The lowest BCUT2D eigenvalue weighted by atomic mass is 9.90. The molecule has 1 aliphatic rings. The van der Waals surface area contributed by atoms with Crippen molar-refractivity contribution < 1.29 is 9.13 Å². The maximum atomic E-state index is 14.5. The van der Waals surface area contributed by atoms with Gasteiger partial charge >= 0.3 is 0 Å². The van der Waals surface area contributed by atoms with Gasteiger partial charge in [-0.3, -0.25) is 0 Å². The fourth-order valence-electron chi connectivity index (χ4n) is 2.16. The van der Waals surface area contributed by atoms with Crippen molar-refractivity contribution in [3.8, 4) is 5.75 Å². The van der Waals surface area contributed by atoms with Crippen LogP contribution in [0.1, 0.15) is 24.5 Å². The summed E-state index contributed by atoms with van der Waals surface area (Å²) in [5.74, 6) is 0.654. The van der Waals surface area contributed by atoms with Gasteiger partial charge in [0, 0.05) is 12.1 Å². The van der Waals surface area contributed by atoms with Crippen LogP contribution in [-0.4, -0.2) is 13.7 Å². The van der Waals surface area contributed by atoms with Crippen LogP contribution in [0.5, 0.6) is 5.75 Å². The van der Waals surface area contributed by atoms with Crippen molar-refractivity contribution in [3.05, 3.63) is 29.3 Å². The zero-order valence-electron chi connectivity index (χ0n) is 9.14. The quantitative estimate of drug-likeness (QED) is 0.766. The first-order chi connectivity index (χ1) is 7.15. The average molecular weight is 209 g/mol. The first-order valence-corrected chi connectivity index (χ1v) is 5.21. The van der Waals surface area contributed by atoms with Gasteiger partial charge in [0.05, 0.1) is 7.11 Å². The number of fused-ring (bicyclic) bond motifs is 1. The predicted molar refractivity (Wildman–Crippen MR) is 57.8 cm³/mol. The number of rotatable bonds is 1. The lowest BCUT2D eigenvalue weighted by Crippen LogP contribution is -2.19. The molecule has 1 aromatic rings. The minimum Gasteiger partial charge on any atom is -0.496 e. The highest BCUT2D eigenvalue weighted by Gasteiger charge is 2.33. The molecule has 3 heteroatoms. The summed E-state index contributed by atoms with van der Waals surface area (Å²) in [6, 6.07) is 5.68. The Hall–Kier alpha value is -1.09. The molecule has 0 aliphatic carbocycles. The second kappa shape index (κ2) is 3.81. The van der Waals surface area contributed by atoms with E-state index in [1.54, 1.807) is 14.0 Å². The molecule has 1 atom stereocenters. The highest BCUT2D eigenvalue weighted by Crippen LogP contribution is 2.39.